The summed E-state index contributed by atoms with van der Waals surface area (Å²) in [5, 5.41) is 21.3. The van der Waals surface area contributed by atoms with Crippen molar-refractivity contribution in [1.82, 2.24) is 20.4 Å². The molecule has 6 nitrogen and oxygen atoms in total. The van der Waals surface area contributed by atoms with E-state index in [0.717, 1.165) is 42.2 Å². The van der Waals surface area contributed by atoms with Crippen LogP contribution < -0.4 is 10.1 Å². The van der Waals surface area contributed by atoms with E-state index in [0.29, 0.717) is 19.2 Å². The lowest BCUT2D eigenvalue weighted by atomic mass is 9.94. The number of hydrogen-bond acceptors (Lipinski definition) is 5. The number of H-pyrrole nitrogens is 1. The number of aromatic amines is 1. The summed E-state index contributed by atoms with van der Waals surface area (Å²) in [6, 6.07) is 8.68. The van der Waals surface area contributed by atoms with E-state index in [9.17, 15) is 5.11 Å². The zero-order valence-corrected chi connectivity index (χ0v) is 18.8. The first-order valence-electron chi connectivity index (χ1n) is 11.3. The minimum Gasteiger partial charge on any atom is -0.491 e. The highest BCUT2D eigenvalue weighted by Gasteiger charge is 2.20. The van der Waals surface area contributed by atoms with Crippen LogP contribution in [0, 0.1) is 13.8 Å². The zero-order chi connectivity index (χ0) is 21.3. The van der Waals surface area contributed by atoms with Crippen molar-refractivity contribution >= 4 is 0 Å². The Morgan fingerprint density at radius 2 is 2.00 bits per heavy atom. The maximum absolute atomic E-state index is 10.5. The lowest BCUT2D eigenvalue weighted by Crippen LogP contribution is -2.40. The Kier molecular flexibility index (Phi) is 8.73. The summed E-state index contributed by atoms with van der Waals surface area (Å²) in [5.74, 6) is 0.847. The van der Waals surface area contributed by atoms with Crippen LogP contribution in [0.25, 0.3) is 0 Å². The number of ether oxygens (including phenoxy) is 1. The maximum atomic E-state index is 10.5. The van der Waals surface area contributed by atoms with E-state index < -0.39 is 6.10 Å². The Labute approximate surface area is 181 Å². The van der Waals surface area contributed by atoms with Crippen molar-refractivity contribution in [2.75, 3.05) is 26.7 Å². The number of aliphatic hydroxyl groups excluding tert-OH is 1. The van der Waals surface area contributed by atoms with Crippen molar-refractivity contribution in [3.8, 4) is 5.75 Å². The molecule has 0 spiro atoms. The lowest BCUT2D eigenvalue weighted by molar-refractivity contribution is 0.0558. The van der Waals surface area contributed by atoms with Crippen LogP contribution in [-0.4, -0.2) is 59.1 Å². The standard InChI is InChI=1S/C24H38N4O2/c1-18-23(19(2)27-26-18)13-14-25-15-20-9-7-8-12-24(20)30-17-22(29)16-28(3)21-10-5-4-6-11-21/h7-9,12,21-22,25,29H,4-6,10-11,13-17H2,1-3H3,(H,26,27). The van der Waals surface area contributed by atoms with Gasteiger partial charge in [0.1, 0.15) is 18.5 Å². The summed E-state index contributed by atoms with van der Waals surface area (Å²) < 4.78 is 6.00. The summed E-state index contributed by atoms with van der Waals surface area (Å²) in [6.07, 6.45) is 6.92. The molecule has 1 atom stereocenters. The summed E-state index contributed by atoms with van der Waals surface area (Å²) in [5.41, 5.74) is 4.62. The molecule has 0 bridgehead atoms. The molecular formula is C24H38N4O2. The average molecular weight is 415 g/mol. The van der Waals surface area contributed by atoms with Crippen LogP contribution in [0.5, 0.6) is 5.75 Å². The van der Waals surface area contributed by atoms with Crippen LogP contribution in [-0.2, 0) is 13.0 Å². The molecule has 30 heavy (non-hydrogen) atoms. The van der Waals surface area contributed by atoms with Crippen molar-refractivity contribution in [1.29, 1.82) is 0 Å². The fraction of sp³-hybridized carbons (Fsp3) is 0.625. The number of rotatable bonds is 11. The van der Waals surface area contributed by atoms with Crippen LogP contribution in [0.2, 0.25) is 0 Å². The van der Waals surface area contributed by atoms with E-state index in [1.165, 1.54) is 37.7 Å². The molecule has 6 heteroatoms. The second-order valence-electron chi connectivity index (χ2n) is 8.64. The second-order valence-corrected chi connectivity index (χ2v) is 8.64. The second kappa shape index (κ2) is 11.5. The van der Waals surface area contributed by atoms with Crippen molar-refractivity contribution in [2.45, 2.75) is 71.1 Å². The van der Waals surface area contributed by atoms with Gasteiger partial charge in [-0.3, -0.25) is 5.10 Å². The van der Waals surface area contributed by atoms with E-state index in [4.69, 9.17) is 4.74 Å². The monoisotopic (exact) mass is 414 g/mol. The van der Waals surface area contributed by atoms with E-state index in [2.05, 4.69) is 40.5 Å². The Bertz CT molecular complexity index is 751. The van der Waals surface area contributed by atoms with Crippen LogP contribution >= 0.6 is 0 Å². The first-order valence-corrected chi connectivity index (χ1v) is 11.3. The smallest absolute Gasteiger partial charge is 0.123 e. The SMILES string of the molecule is Cc1n[nH]c(C)c1CCNCc1ccccc1OCC(O)CN(C)C1CCCCC1. The third-order valence-electron chi connectivity index (χ3n) is 6.25. The molecule has 1 unspecified atom stereocenters. The average Bonchev–Trinajstić information content (AvgIpc) is 3.08. The molecule has 1 aliphatic carbocycles. The van der Waals surface area contributed by atoms with Crippen molar-refractivity contribution < 1.29 is 9.84 Å². The van der Waals surface area contributed by atoms with Gasteiger partial charge in [0.05, 0.1) is 5.69 Å². The predicted octanol–water partition coefficient (Wildman–Crippen LogP) is 3.36. The van der Waals surface area contributed by atoms with E-state index in [-0.39, 0.29) is 0 Å². The largest absolute Gasteiger partial charge is 0.491 e. The number of aromatic nitrogens is 2. The highest BCUT2D eigenvalue weighted by Crippen LogP contribution is 2.22. The fourth-order valence-corrected chi connectivity index (χ4v) is 4.41. The normalized spacial score (nSPS) is 16.2. The first-order chi connectivity index (χ1) is 14.5. The molecule has 0 aliphatic heterocycles. The van der Waals surface area contributed by atoms with Gasteiger partial charge in [-0.15, -0.1) is 0 Å². The van der Waals surface area contributed by atoms with E-state index >= 15 is 0 Å². The highest BCUT2D eigenvalue weighted by molar-refractivity contribution is 5.33. The molecule has 1 aromatic carbocycles. The number of likely N-dealkylation sites (N-methyl/N-ethyl adjacent to an activating group) is 1. The van der Waals surface area contributed by atoms with Crippen molar-refractivity contribution in [2.24, 2.45) is 0 Å². The van der Waals surface area contributed by atoms with Crippen LogP contribution in [0.15, 0.2) is 24.3 Å². The molecule has 1 aliphatic rings. The number of hydrogen-bond donors (Lipinski definition) is 3. The van der Waals surface area contributed by atoms with Gasteiger partial charge in [0, 0.05) is 30.4 Å². The summed E-state index contributed by atoms with van der Waals surface area (Å²) in [4.78, 5) is 2.31. The minimum absolute atomic E-state index is 0.321. The lowest BCUT2D eigenvalue weighted by Gasteiger charge is -2.32. The van der Waals surface area contributed by atoms with Crippen LogP contribution in [0.3, 0.4) is 0 Å². The topological polar surface area (TPSA) is 73.4 Å². The fourth-order valence-electron chi connectivity index (χ4n) is 4.41. The van der Waals surface area contributed by atoms with Gasteiger partial charge >= 0.3 is 0 Å². The van der Waals surface area contributed by atoms with Gasteiger partial charge < -0.3 is 20.1 Å². The van der Waals surface area contributed by atoms with E-state index in [1.807, 2.05) is 25.1 Å². The number of aliphatic hydroxyl groups is 1. The molecule has 1 heterocycles. The van der Waals surface area contributed by atoms with Gasteiger partial charge in [-0.05, 0) is 58.3 Å². The molecule has 1 saturated carbocycles. The third-order valence-corrected chi connectivity index (χ3v) is 6.25. The number of nitrogens with zero attached hydrogens (tertiary/aromatic N) is 2. The van der Waals surface area contributed by atoms with Gasteiger partial charge in [0.15, 0.2) is 0 Å². The van der Waals surface area contributed by atoms with Gasteiger partial charge in [0.2, 0.25) is 0 Å². The number of aryl methyl sites for hydroxylation is 2. The number of para-hydroxylation sites is 1. The summed E-state index contributed by atoms with van der Waals surface area (Å²) in [6.45, 7) is 6.71. The molecular weight excluding hydrogens is 376 g/mol. The Morgan fingerprint density at radius 1 is 1.23 bits per heavy atom. The van der Waals surface area contributed by atoms with Gasteiger partial charge in [-0.1, -0.05) is 37.5 Å². The van der Waals surface area contributed by atoms with Gasteiger partial charge in [0.25, 0.3) is 0 Å². The maximum Gasteiger partial charge on any atom is 0.123 e. The molecule has 0 saturated heterocycles. The molecule has 166 valence electrons. The predicted molar refractivity (Wildman–Crippen MR) is 121 cm³/mol. The Morgan fingerprint density at radius 3 is 2.73 bits per heavy atom. The van der Waals surface area contributed by atoms with E-state index in [1.54, 1.807) is 0 Å². The summed E-state index contributed by atoms with van der Waals surface area (Å²) in [7, 11) is 2.13. The molecule has 3 rings (SSSR count). The van der Waals surface area contributed by atoms with Gasteiger partial charge in [-0.25, -0.2) is 0 Å². The Balaban J connectivity index is 1.43. The first kappa shape index (κ1) is 22.8. The molecule has 0 radical (unpaired) electrons. The number of nitrogens with one attached hydrogen (secondary N) is 2. The summed E-state index contributed by atoms with van der Waals surface area (Å²) >= 11 is 0. The molecule has 3 N–H and O–H groups in total. The molecule has 1 fully saturated rings. The molecule has 0 amide bonds. The molecule has 2 aromatic rings. The quantitative estimate of drug-likeness (QED) is 0.492. The highest BCUT2D eigenvalue weighted by atomic mass is 16.5. The van der Waals surface area contributed by atoms with Gasteiger partial charge in [-0.2, -0.15) is 5.10 Å². The van der Waals surface area contributed by atoms with Crippen LogP contribution in [0.1, 0.15) is 54.6 Å². The van der Waals surface area contributed by atoms with Crippen molar-refractivity contribution in [3.63, 3.8) is 0 Å². The third kappa shape index (κ3) is 6.56. The zero-order valence-electron chi connectivity index (χ0n) is 18.8. The Hall–Kier alpha value is -1.89. The van der Waals surface area contributed by atoms with Crippen LogP contribution in [0.4, 0.5) is 0 Å². The minimum atomic E-state index is -0.481. The van der Waals surface area contributed by atoms with Crippen molar-refractivity contribution in [3.05, 3.63) is 46.8 Å². The molecule has 1 aromatic heterocycles. The number of benzene rings is 1.